The molecule has 36 heavy (non-hydrogen) atoms. The molecule has 3 aromatic rings. The van der Waals surface area contributed by atoms with Crippen molar-refractivity contribution in [3.05, 3.63) is 57.5 Å². The van der Waals surface area contributed by atoms with Gasteiger partial charge in [0.05, 0.1) is 17.8 Å². The molecule has 1 amide bonds. The minimum atomic E-state index is -0.403. The molecule has 7 heteroatoms. The van der Waals surface area contributed by atoms with Crippen LogP contribution in [0.25, 0.3) is 22.2 Å². The molecule has 0 bridgehead atoms. The number of pyridine rings is 1. The van der Waals surface area contributed by atoms with Gasteiger partial charge in [-0.25, -0.2) is 0 Å². The smallest absolute Gasteiger partial charge is 0.253 e. The van der Waals surface area contributed by atoms with Crippen LogP contribution < -0.4 is 5.56 Å². The molecule has 192 valence electrons. The van der Waals surface area contributed by atoms with E-state index in [0.717, 1.165) is 48.3 Å². The van der Waals surface area contributed by atoms with Gasteiger partial charge < -0.3 is 19.6 Å². The van der Waals surface area contributed by atoms with Crippen molar-refractivity contribution < 1.29 is 9.90 Å². The van der Waals surface area contributed by atoms with Gasteiger partial charge in [-0.1, -0.05) is 19.9 Å². The van der Waals surface area contributed by atoms with Gasteiger partial charge in [0.1, 0.15) is 0 Å². The highest BCUT2D eigenvalue weighted by Crippen LogP contribution is 2.38. The Morgan fingerprint density at radius 1 is 1.14 bits per heavy atom. The van der Waals surface area contributed by atoms with E-state index in [4.69, 9.17) is 0 Å². The Morgan fingerprint density at radius 2 is 1.86 bits per heavy atom. The molecule has 2 fully saturated rings. The second kappa shape index (κ2) is 9.52. The van der Waals surface area contributed by atoms with Crippen LogP contribution in [0.3, 0.4) is 0 Å². The van der Waals surface area contributed by atoms with Gasteiger partial charge in [0.25, 0.3) is 5.56 Å². The quantitative estimate of drug-likeness (QED) is 0.584. The molecule has 7 nitrogen and oxygen atoms in total. The van der Waals surface area contributed by atoms with Gasteiger partial charge in [-0.3, -0.25) is 14.5 Å². The lowest BCUT2D eigenvalue weighted by molar-refractivity contribution is -0.136. The van der Waals surface area contributed by atoms with E-state index < -0.39 is 6.10 Å². The minimum Gasteiger partial charge on any atom is -0.392 e. The van der Waals surface area contributed by atoms with Crippen molar-refractivity contribution in [1.29, 1.82) is 0 Å². The number of aromatic amines is 1. The lowest BCUT2D eigenvalue weighted by Gasteiger charge is -2.35. The second-order valence-corrected chi connectivity index (χ2v) is 11.1. The largest absolute Gasteiger partial charge is 0.392 e. The average molecular weight is 491 g/mol. The number of benzene rings is 1. The van der Waals surface area contributed by atoms with Crippen LogP contribution in [0.2, 0.25) is 0 Å². The molecule has 2 saturated heterocycles. The molecule has 0 saturated carbocycles. The van der Waals surface area contributed by atoms with Crippen molar-refractivity contribution in [1.82, 2.24) is 19.4 Å². The van der Waals surface area contributed by atoms with Gasteiger partial charge in [0, 0.05) is 54.9 Å². The number of likely N-dealkylation sites (N-methyl/N-ethyl adjacent to an activating group) is 1. The van der Waals surface area contributed by atoms with Crippen LogP contribution in [0.1, 0.15) is 61.6 Å². The van der Waals surface area contributed by atoms with Crippen molar-refractivity contribution in [2.45, 2.75) is 64.0 Å². The van der Waals surface area contributed by atoms with Crippen molar-refractivity contribution >= 4 is 16.8 Å². The fraction of sp³-hybridized carbons (Fsp3) is 0.517. The number of aromatic nitrogens is 2. The number of carbonyl (C=O) groups is 1. The highest BCUT2D eigenvalue weighted by atomic mass is 16.3. The first-order valence-electron chi connectivity index (χ1n) is 13.1. The first kappa shape index (κ1) is 24.8. The number of nitrogens with one attached hydrogen (secondary N) is 1. The summed E-state index contributed by atoms with van der Waals surface area (Å²) < 4.78 is 1.66. The second-order valence-electron chi connectivity index (χ2n) is 11.1. The van der Waals surface area contributed by atoms with Crippen LogP contribution in [0.15, 0.2) is 35.3 Å². The zero-order valence-corrected chi connectivity index (χ0v) is 22.0. The van der Waals surface area contributed by atoms with Crippen LogP contribution in [0, 0.1) is 6.92 Å². The van der Waals surface area contributed by atoms with Crippen LogP contribution in [-0.2, 0) is 11.8 Å². The van der Waals surface area contributed by atoms with E-state index in [1.165, 1.54) is 16.5 Å². The Labute approximate surface area is 212 Å². The number of carbonyl (C=O) groups excluding carboxylic acids is 1. The Balaban J connectivity index is 1.40. The normalized spacial score (nSPS) is 21.7. The van der Waals surface area contributed by atoms with Crippen LogP contribution in [-0.4, -0.2) is 69.2 Å². The molecule has 0 aliphatic carbocycles. The molecular weight excluding hydrogens is 452 g/mol. The van der Waals surface area contributed by atoms with Crippen LogP contribution >= 0.6 is 0 Å². The predicted octanol–water partition coefficient (Wildman–Crippen LogP) is 3.74. The van der Waals surface area contributed by atoms with Gasteiger partial charge in [-0.2, -0.15) is 0 Å². The topological polar surface area (TPSA) is 81.6 Å². The number of aryl methyl sites for hydroxylation is 2. The minimum absolute atomic E-state index is 0.0313. The zero-order valence-electron chi connectivity index (χ0n) is 22.0. The molecule has 2 aliphatic heterocycles. The van der Waals surface area contributed by atoms with Crippen molar-refractivity contribution in [2.24, 2.45) is 7.05 Å². The maximum atomic E-state index is 13.0. The van der Waals surface area contributed by atoms with Crippen LogP contribution in [0.4, 0.5) is 0 Å². The summed E-state index contributed by atoms with van der Waals surface area (Å²) in [6.45, 7) is 8.39. The van der Waals surface area contributed by atoms with Crippen LogP contribution in [0.5, 0.6) is 0 Å². The average Bonchev–Trinajstić information content (AvgIpc) is 3.40. The number of hydrogen-bond donors (Lipinski definition) is 2. The molecule has 0 unspecified atom stereocenters. The molecule has 0 spiro atoms. The first-order valence-corrected chi connectivity index (χ1v) is 13.1. The number of hydrogen-bond acceptors (Lipinski definition) is 4. The molecule has 2 N–H and O–H groups in total. The summed E-state index contributed by atoms with van der Waals surface area (Å²) in [5, 5.41) is 11.2. The summed E-state index contributed by atoms with van der Waals surface area (Å²) in [6.07, 6.45) is 3.95. The third-order valence-corrected chi connectivity index (χ3v) is 8.18. The van der Waals surface area contributed by atoms with E-state index >= 15 is 0 Å². The molecule has 1 aromatic carbocycles. The van der Waals surface area contributed by atoms with Gasteiger partial charge in [-0.05, 0) is 74.4 Å². The lowest BCUT2D eigenvalue weighted by atomic mass is 9.87. The summed E-state index contributed by atoms with van der Waals surface area (Å²) in [5.41, 5.74) is 6.60. The fourth-order valence-electron chi connectivity index (χ4n) is 6.23. The van der Waals surface area contributed by atoms with Gasteiger partial charge in [0.15, 0.2) is 0 Å². The molecule has 2 aromatic heterocycles. The summed E-state index contributed by atoms with van der Waals surface area (Å²) in [5.74, 6) is 0.899. The third-order valence-electron chi connectivity index (χ3n) is 8.18. The summed E-state index contributed by atoms with van der Waals surface area (Å²) in [6, 6.07) is 8.53. The number of amides is 1. The zero-order chi connectivity index (χ0) is 25.7. The fourth-order valence-corrected chi connectivity index (χ4v) is 6.23. The Bertz CT molecular complexity index is 1320. The van der Waals surface area contributed by atoms with E-state index in [0.29, 0.717) is 24.8 Å². The Kier molecular flexibility index (Phi) is 6.55. The number of nitrogens with zero attached hydrogens (tertiary/aromatic N) is 3. The van der Waals surface area contributed by atoms with E-state index in [2.05, 4.69) is 37.0 Å². The number of β-amino-alcohol motifs (C(OH)–C–C–N with tert-alkyl or cyclic N) is 1. The van der Waals surface area contributed by atoms with Crippen molar-refractivity contribution in [3.63, 3.8) is 0 Å². The van der Waals surface area contributed by atoms with Gasteiger partial charge >= 0.3 is 0 Å². The van der Waals surface area contributed by atoms with Gasteiger partial charge in [0.2, 0.25) is 5.91 Å². The SMILES string of the molecule is Cc1cc(-c2[nH]c3ccc(C4CCN(C(=O)[C@@H]5C[C@@H](O)CN5C)CC4)cc3c2C(C)C)cn(C)c1=O. The maximum absolute atomic E-state index is 13.0. The highest BCUT2D eigenvalue weighted by Gasteiger charge is 2.37. The molecular formula is C29H38N4O3. The molecule has 2 atom stereocenters. The molecule has 5 rings (SSSR count). The molecule has 0 radical (unpaired) electrons. The third kappa shape index (κ3) is 4.39. The van der Waals surface area contributed by atoms with E-state index in [1.54, 1.807) is 11.6 Å². The summed E-state index contributed by atoms with van der Waals surface area (Å²) in [4.78, 5) is 32.9. The summed E-state index contributed by atoms with van der Waals surface area (Å²) >= 11 is 0. The lowest BCUT2D eigenvalue weighted by Crippen LogP contribution is -2.47. The highest BCUT2D eigenvalue weighted by molar-refractivity contribution is 5.92. The molecule has 2 aliphatic rings. The van der Waals surface area contributed by atoms with E-state index in [-0.39, 0.29) is 17.5 Å². The number of H-pyrrole nitrogens is 1. The summed E-state index contributed by atoms with van der Waals surface area (Å²) in [7, 11) is 3.73. The number of likely N-dealkylation sites (tertiary alicyclic amines) is 2. The monoisotopic (exact) mass is 490 g/mol. The predicted molar refractivity (Wildman–Crippen MR) is 143 cm³/mol. The van der Waals surface area contributed by atoms with Gasteiger partial charge in [-0.15, -0.1) is 0 Å². The van der Waals surface area contributed by atoms with E-state index in [9.17, 15) is 14.7 Å². The number of aliphatic hydroxyl groups is 1. The van der Waals surface area contributed by atoms with Crippen molar-refractivity contribution in [2.75, 3.05) is 26.7 Å². The van der Waals surface area contributed by atoms with Crippen molar-refractivity contribution in [3.8, 4) is 11.3 Å². The maximum Gasteiger partial charge on any atom is 0.253 e. The van der Waals surface area contributed by atoms with E-state index in [1.807, 2.05) is 36.0 Å². The standard InChI is InChI=1S/C29H38N4O3/c1-17(2)26-23-13-20(6-7-24(23)30-27(26)21-12-18(3)28(35)32(5)15-21)19-8-10-33(11-9-19)29(36)25-14-22(34)16-31(25)4/h6-7,12-13,15,17,19,22,25,30,34H,8-11,14,16H2,1-5H3/t22-,25+/m1/s1. The number of fused-ring (bicyclic) bond motifs is 1. The number of aliphatic hydroxyl groups excluding tert-OH is 1. The Morgan fingerprint density at radius 3 is 2.47 bits per heavy atom. The number of piperidine rings is 1. The Hall–Kier alpha value is -2.90. The molecule has 4 heterocycles. The number of rotatable bonds is 4. The first-order chi connectivity index (χ1) is 17.1.